The van der Waals surface area contributed by atoms with Crippen LogP contribution in [-0.4, -0.2) is 36.7 Å². The highest BCUT2D eigenvalue weighted by molar-refractivity contribution is 5.81. The van der Waals surface area contributed by atoms with Crippen LogP contribution in [0.15, 0.2) is 0 Å². The molecule has 1 saturated heterocycles. The first kappa shape index (κ1) is 13.3. The number of rotatable bonds is 5. The van der Waals surface area contributed by atoms with Crippen LogP contribution < -0.4 is 5.32 Å². The molecule has 1 heterocycles. The Hall–Kier alpha value is -1.10. The van der Waals surface area contributed by atoms with Crippen molar-refractivity contribution in [1.29, 1.82) is 0 Å². The van der Waals surface area contributed by atoms with E-state index in [9.17, 15) is 14.7 Å². The second-order valence-electron chi connectivity index (χ2n) is 5.54. The lowest BCUT2D eigenvalue weighted by Gasteiger charge is -2.33. The third-order valence-electron chi connectivity index (χ3n) is 4.25. The van der Waals surface area contributed by atoms with Crippen LogP contribution in [0.5, 0.6) is 0 Å². The van der Waals surface area contributed by atoms with Crippen molar-refractivity contribution in [1.82, 2.24) is 5.32 Å². The van der Waals surface area contributed by atoms with Crippen molar-refractivity contribution >= 4 is 11.9 Å². The first-order chi connectivity index (χ1) is 8.55. The van der Waals surface area contributed by atoms with Gasteiger partial charge < -0.3 is 15.2 Å². The minimum absolute atomic E-state index is 0.00961. The summed E-state index contributed by atoms with van der Waals surface area (Å²) in [6, 6.07) is 0. The minimum atomic E-state index is -0.836. The number of amides is 1. The van der Waals surface area contributed by atoms with E-state index in [1.807, 2.05) is 6.92 Å². The van der Waals surface area contributed by atoms with Crippen LogP contribution in [0.1, 0.15) is 32.6 Å². The molecule has 2 rings (SSSR count). The van der Waals surface area contributed by atoms with Crippen molar-refractivity contribution in [2.75, 3.05) is 19.8 Å². The molecule has 0 aromatic heterocycles. The second kappa shape index (κ2) is 5.26. The lowest BCUT2D eigenvalue weighted by Crippen LogP contribution is -2.47. The van der Waals surface area contributed by atoms with Gasteiger partial charge in [-0.3, -0.25) is 9.59 Å². The Morgan fingerprint density at radius 3 is 2.50 bits per heavy atom. The van der Waals surface area contributed by atoms with Gasteiger partial charge in [-0.05, 0) is 31.6 Å². The molecule has 1 unspecified atom stereocenters. The molecule has 1 amide bonds. The monoisotopic (exact) mass is 255 g/mol. The summed E-state index contributed by atoms with van der Waals surface area (Å²) in [6.45, 7) is 3.06. The van der Waals surface area contributed by atoms with Crippen molar-refractivity contribution in [3.8, 4) is 0 Å². The van der Waals surface area contributed by atoms with Crippen LogP contribution in [0.25, 0.3) is 0 Å². The first-order valence-corrected chi connectivity index (χ1v) is 6.64. The third-order valence-corrected chi connectivity index (χ3v) is 4.25. The number of carboxylic acids is 1. The van der Waals surface area contributed by atoms with Crippen LogP contribution >= 0.6 is 0 Å². The van der Waals surface area contributed by atoms with Crippen molar-refractivity contribution in [3.63, 3.8) is 0 Å². The minimum Gasteiger partial charge on any atom is -0.481 e. The van der Waals surface area contributed by atoms with E-state index in [2.05, 4.69) is 5.32 Å². The van der Waals surface area contributed by atoms with Gasteiger partial charge in [-0.1, -0.05) is 6.92 Å². The molecule has 0 bridgehead atoms. The fourth-order valence-electron chi connectivity index (χ4n) is 2.46. The lowest BCUT2D eigenvalue weighted by atomic mass is 9.80. The molecule has 1 saturated carbocycles. The van der Waals surface area contributed by atoms with Crippen molar-refractivity contribution in [3.05, 3.63) is 0 Å². The van der Waals surface area contributed by atoms with Gasteiger partial charge in [0.25, 0.3) is 0 Å². The SMILES string of the molecule is CC(C(=O)NCC1(C(=O)O)CCOCC1)C1CC1. The van der Waals surface area contributed by atoms with Crippen molar-refractivity contribution in [2.24, 2.45) is 17.3 Å². The Balaban J connectivity index is 1.89. The van der Waals surface area contributed by atoms with Crippen molar-refractivity contribution in [2.45, 2.75) is 32.6 Å². The van der Waals surface area contributed by atoms with Gasteiger partial charge in [-0.2, -0.15) is 0 Å². The van der Waals surface area contributed by atoms with Gasteiger partial charge >= 0.3 is 5.97 Å². The summed E-state index contributed by atoms with van der Waals surface area (Å²) in [5.41, 5.74) is -0.836. The molecular formula is C13H21NO4. The van der Waals surface area contributed by atoms with Gasteiger partial charge in [0.15, 0.2) is 0 Å². The van der Waals surface area contributed by atoms with Crippen LogP contribution in [0.4, 0.5) is 0 Å². The van der Waals surface area contributed by atoms with Gasteiger partial charge in [0.05, 0.1) is 5.41 Å². The van der Waals surface area contributed by atoms with E-state index in [-0.39, 0.29) is 18.4 Å². The highest BCUT2D eigenvalue weighted by atomic mass is 16.5. The standard InChI is InChI=1S/C13H21NO4/c1-9(10-2-3-10)11(15)14-8-13(12(16)17)4-6-18-7-5-13/h9-10H,2-8H2,1H3,(H,14,15)(H,16,17). The van der Waals surface area contributed by atoms with E-state index in [0.717, 1.165) is 12.8 Å². The Morgan fingerprint density at radius 2 is 2.00 bits per heavy atom. The van der Waals surface area contributed by atoms with Gasteiger partial charge in [0.1, 0.15) is 0 Å². The summed E-state index contributed by atoms with van der Waals surface area (Å²) in [7, 11) is 0. The zero-order chi connectivity index (χ0) is 13.2. The maximum absolute atomic E-state index is 11.9. The molecule has 0 radical (unpaired) electrons. The summed E-state index contributed by atoms with van der Waals surface area (Å²) < 4.78 is 5.20. The number of carbonyl (C=O) groups is 2. The molecule has 5 heteroatoms. The molecule has 2 N–H and O–H groups in total. The van der Waals surface area contributed by atoms with Gasteiger partial charge in [-0.15, -0.1) is 0 Å². The molecule has 18 heavy (non-hydrogen) atoms. The van der Waals surface area contributed by atoms with E-state index in [0.29, 0.717) is 32.0 Å². The molecule has 0 spiro atoms. The Kier molecular flexibility index (Phi) is 3.90. The molecular weight excluding hydrogens is 234 g/mol. The number of nitrogens with one attached hydrogen (secondary N) is 1. The predicted octanol–water partition coefficient (Wildman–Crippen LogP) is 1.03. The summed E-state index contributed by atoms with van der Waals surface area (Å²) in [6.07, 6.45) is 3.18. The number of hydrogen-bond acceptors (Lipinski definition) is 3. The quantitative estimate of drug-likeness (QED) is 0.769. The normalized spacial score (nSPS) is 24.3. The molecule has 0 aromatic carbocycles. The first-order valence-electron chi connectivity index (χ1n) is 6.64. The van der Waals surface area contributed by atoms with Gasteiger partial charge in [0.2, 0.25) is 5.91 Å². The largest absolute Gasteiger partial charge is 0.481 e. The van der Waals surface area contributed by atoms with Gasteiger partial charge in [0, 0.05) is 25.7 Å². The highest BCUT2D eigenvalue weighted by Gasteiger charge is 2.41. The topological polar surface area (TPSA) is 75.6 Å². The van der Waals surface area contributed by atoms with Gasteiger partial charge in [-0.25, -0.2) is 0 Å². The molecule has 102 valence electrons. The molecule has 2 aliphatic rings. The number of aliphatic carboxylic acids is 1. The summed E-state index contributed by atoms with van der Waals surface area (Å²) in [5, 5.41) is 12.2. The number of carboxylic acid groups (broad SMARTS) is 1. The van der Waals surface area contributed by atoms with Crippen LogP contribution in [0.2, 0.25) is 0 Å². The second-order valence-corrected chi connectivity index (χ2v) is 5.54. The fourth-order valence-corrected chi connectivity index (χ4v) is 2.46. The average Bonchev–Trinajstić information content (AvgIpc) is 3.20. The summed E-state index contributed by atoms with van der Waals surface area (Å²) in [4.78, 5) is 23.3. The Labute approximate surface area is 107 Å². The Bertz CT molecular complexity index is 332. The number of hydrogen-bond donors (Lipinski definition) is 2. The lowest BCUT2D eigenvalue weighted by molar-refractivity contribution is -0.154. The van der Waals surface area contributed by atoms with E-state index in [1.165, 1.54) is 0 Å². The predicted molar refractivity (Wildman–Crippen MR) is 65.0 cm³/mol. The molecule has 5 nitrogen and oxygen atoms in total. The Morgan fingerprint density at radius 1 is 1.39 bits per heavy atom. The third kappa shape index (κ3) is 2.83. The average molecular weight is 255 g/mol. The molecule has 1 aliphatic heterocycles. The smallest absolute Gasteiger partial charge is 0.311 e. The zero-order valence-electron chi connectivity index (χ0n) is 10.8. The van der Waals surface area contributed by atoms with Crippen molar-refractivity contribution < 1.29 is 19.4 Å². The van der Waals surface area contributed by atoms with Crippen LogP contribution in [-0.2, 0) is 14.3 Å². The van der Waals surface area contributed by atoms with Crippen LogP contribution in [0, 0.1) is 17.3 Å². The fraction of sp³-hybridized carbons (Fsp3) is 0.846. The molecule has 1 atom stereocenters. The maximum Gasteiger partial charge on any atom is 0.311 e. The number of carbonyl (C=O) groups excluding carboxylic acids is 1. The number of ether oxygens (including phenoxy) is 1. The van der Waals surface area contributed by atoms with E-state index in [1.54, 1.807) is 0 Å². The van der Waals surface area contributed by atoms with E-state index >= 15 is 0 Å². The summed E-state index contributed by atoms with van der Waals surface area (Å²) >= 11 is 0. The molecule has 2 fully saturated rings. The van der Waals surface area contributed by atoms with E-state index in [4.69, 9.17) is 4.74 Å². The molecule has 0 aromatic rings. The maximum atomic E-state index is 11.9. The summed E-state index contributed by atoms with van der Waals surface area (Å²) in [5.74, 6) is -0.328. The van der Waals surface area contributed by atoms with E-state index < -0.39 is 11.4 Å². The molecule has 1 aliphatic carbocycles. The van der Waals surface area contributed by atoms with Crippen LogP contribution in [0.3, 0.4) is 0 Å². The zero-order valence-corrected chi connectivity index (χ0v) is 10.8. The highest BCUT2D eigenvalue weighted by Crippen LogP contribution is 2.37.